The van der Waals surface area contributed by atoms with Crippen LogP contribution in [0.25, 0.3) is 10.9 Å². The van der Waals surface area contributed by atoms with Gasteiger partial charge < -0.3 is 0 Å². The van der Waals surface area contributed by atoms with E-state index in [4.69, 9.17) is 0 Å². The van der Waals surface area contributed by atoms with E-state index in [1.54, 1.807) is 6.07 Å². The molecule has 0 spiro atoms. The van der Waals surface area contributed by atoms with E-state index in [2.05, 4.69) is 20.7 Å². The predicted molar refractivity (Wildman–Crippen MR) is 133 cm³/mol. The normalized spacial score (nSPS) is 21.4. The predicted octanol–water partition coefficient (Wildman–Crippen LogP) is 4.94. The third kappa shape index (κ3) is 3.06. The molecule has 6 rings (SSSR count). The first-order chi connectivity index (χ1) is 16.9. The van der Waals surface area contributed by atoms with E-state index < -0.39 is 11.2 Å². The number of rotatable bonds is 2. The largest absolute Gasteiger partial charge is 0.288 e. The van der Waals surface area contributed by atoms with Crippen LogP contribution in [0, 0.1) is 17.1 Å². The molecule has 2 aromatic heterocycles. The second-order valence-corrected chi connectivity index (χ2v) is 10.8. The fourth-order valence-corrected chi connectivity index (χ4v) is 6.91. The van der Waals surface area contributed by atoms with Gasteiger partial charge in [-0.1, -0.05) is 12.5 Å². The van der Waals surface area contributed by atoms with Crippen molar-refractivity contribution in [1.29, 1.82) is 5.26 Å². The second kappa shape index (κ2) is 7.97. The molecular formula is C28H31FN5O+. The number of carbonyl (C=O) groups is 1. The van der Waals surface area contributed by atoms with Gasteiger partial charge in [0, 0.05) is 41.0 Å². The number of nitriles is 1. The van der Waals surface area contributed by atoms with Crippen molar-refractivity contribution in [2.45, 2.75) is 57.8 Å². The lowest BCUT2D eigenvalue weighted by Gasteiger charge is -2.51. The summed E-state index contributed by atoms with van der Waals surface area (Å²) in [5.41, 5.74) is 2.96. The van der Waals surface area contributed by atoms with Crippen LogP contribution in [-0.4, -0.2) is 46.6 Å². The topological polar surface area (TPSA) is 61.9 Å². The first-order valence-electron chi connectivity index (χ1n) is 12.8. The van der Waals surface area contributed by atoms with Gasteiger partial charge in [-0.3, -0.25) is 9.78 Å². The van der Waals surface area contributed by atoms with Gasteiger partial charge in [-0.25, -0.2) is 4.39 Å². The van der Waals surface area contributed by atoms with Gasteiger partial charge in [-0.05, 0) is 45.2 Å². The van der Waals surface area contributed by atoms with Crippen molar-refractivity contribution in [2.75, 3.05) is 26.2 Å². The molecule has 180 valence electrons. The summed E-state index contributed by atoms with van der Waals surface area (Å²) < 4.78 is 18.3. The number of piperidine rings is 2. The Bertz CT molecular complexity index is 1390. The Morgan fingerprint density at radius 2 is 1.77 bits per heavy atom. The Kier molecular flexibility index (Phi) is 5.10. The highest BCUT2D eigenvalue weighted by Gasteiger charge is 2.50. The van der Waals surface area contributed by atoms with E-state index >= 15 is 4.39 Å². The number of benzene rings is 1. The fourth-order valence-electron chi connectivity index (χ4n) is 6.91. The van der Waals surface area contributed by atoms with Gasteiger partial charge in [0.2, 0.25) is 0 Å². The number of pyridine rings is 1. The smallest absolute Gasteiger partial charge is 0.197 e. The zero-order valence-electron chi connectivity index (χ0n) is 20.5. The van der Waals surface area contributed by atoms with Crippen LogP contribution >= 0.6 is 0 Å². The van der Waals surface area contributed by atoms with Crippen molar-refractivity contribution in [3.05, 3.63) is 64.4 Å². The molecule has 2 saturated heterocycles. The average Bonchev–Trinajstić information content (AvgIpc) is 3.24. The van der Waals surface area contributed by atoms with E-state index in [0.29, 0.717) is 27.0 Å². The van der Waals surface area contributed by atoms with Crippen molar-refractivity contribution >= 4 is 16.7 Å². The summed E-state index contributed by atoms with van der Waals surface area (Å²) in [4.78, 5) is 18.0. The highest BCUT2D eigenvalue weighted by atomic mass is 19.1. The Hall–Kier alpha value is -3.08. The van der Waals surface area contributed by atoms with Gasteiger partial charge in [-0.2, -0.15) is 9.94 Å². The number of nitrogens with zero attached hydrogens (tertiary/aromatic N) is 5. The molecule has 1 aromatic carbocycles. The molecule has 0 amide bonds. The summed E-state index contributed by atoms with van der Waals surface area (Å²) in [5, 5.41) is 13.2. The van der Waals surface area contributed by atoms with Gasteiger partial charge in [0.25, 0.3) is 0 Å². The maximum atomic E-state index is 15.3. The Morgan fingerprint density at radius 1 is 1.06 bits per heavy atom. The maximum absolute atomic E-state index is 15.3. The van der Waals surface area contributed by atoms with Gasteiger partial charge in [0.1, 0.15) is 24.4 Å². The average molecular weight is 473 g/mol. The van der Waals surface area contributed by atoms with E-state index in [9.17, 15) is 10.1 Å². The van der Waals surface area contributed by atoms with Crippen molar-refractivity contribution in [2.24, 2.45) is 0 Å². The lowest BCUT2D eigenvalue weighted by Crippen LogP contribution is -2.72. The van der Waals surface area contributed by atoms with Gasteiger partial charge >= 0.3 is 0 Å². The van der Waals surface area contributed by atoms with Crippen LogP contribution < -0.4 is 4.70 Å². The summed E-state index contributed by atoms with van der Waals surface area (Å²) in [7, 11) is 0. The van der Waals surface area contributed by atoms with Crippen molar-refractivity contribution < 1.29 is 9.18 Å². The zero-order chi connectivity index (χ0) is 24.4. The molecule has 0 bridgehead atoms. The molecule has 2 aliphatic heterocycles. The number of hydrogen-bond acceptors (Lipinski definition) is 4. The molecule has 35 heavy (non-hydrogen) atoms. The van der Waals surface area contributed by atoms with Crippen LogP contribution in [0.5, 0.6) is 0 Å². The van der Waals surface area contributed by atoms with E-state index in [1.165, 1.54) is 25.2 Å². The Labute approximate surface area is 205 Å². The summed E-state index contributed by atoms with van der Waals surface area (Å²) in [5.74, 6) is -0.618. The van der Waals surface area contributed by atoms with Gasteiger partial charge in [0.05, 0.1) is 42.2 Å². The minimum absolute atomic E-state index is 0.177. The number of ketones is 1. The van der Waals surface area contributed by atoms with Crippen molar-refractivity contribution in [3.8, 4) is 6.07 Å². The highest BCUT2D eigenvalue weighted by molar-refractivity contribution is 6.20. The number of aromatic nitrogens is 2. The molecule has 2 fully saturated rings. The molecule has 0 radical (unpaired) electrons. The van der Waals surface area contributed by atoms with Crippen LogP contribution in [0.15, 0.2) is 30.6 Å². The SMILES string of the molecule is CC1(C)c2c(F)cncc2C(=O)c2c1n([N+]1(N3CCCCC3)CCCCC1)c1cc(C#N)ccc21. The third-order valence-corrected chi connectivity index (χ3v) is 8.43. The minimum Gasteiger partial charge on any atom is -0.288 e. The van der Waals surface area contributed by atoms with Crippen LogP contribution in [0.1, 0.15) is 85.1 Å². The molecule has 7 heteroatoms. The molecule has 6 nitrogen and oxygen atoms in total. The van der Waals surface area contributed by atoms with Crippen LogP contribution in [0.3, 0.4) is 0 Å². The molecule has 4 heterocycles. The van der Waals surface area contributed by atoms with Crippen LogP contribution in [0.4, 0.5) is 4.39 Å². The van der Waals surface area contributed by atoms with Crippen molar-refractivity contribution in [1.82, 2.24) is 19.4 Å². The Balaban J connectivity index is 1.74. The minimum atomic E-state index is -0.754. The molecular weight excluding hydrogens is 441 g/mol. The number of halogens is 1. The van der Waals surface area contributed by atoms with E-state index in [0.717, 1.165) is 68.5 Å². The quantitative estimate of drug-likeness (QED) is 0.496. The Morgan fingerprint density at radius 3 is 2.49 bits per heavy atom. The van der Waals surface area contributed by atoms with Gasteiger partial charge in [-0.15, -0.1) is 9.71 Å². The number of fused-ring (bicyclic) bond motifs is 4. The summed E-state index contributed by atoms with van der Waals surface area (Å²) in [6, 6.07) is 7.91. The first kappa shape index (κ1) is 22.4. The number of quaternary nitrogens is 1. The monoisotopic (exact) mass is 472 g/mol. The van der Waals surface area contributed by atoms with Gasteiger partial charge in [0.15, 0.2) is 5.78 Å². The summed E-state index contributed by atoms with van der Waals surface area (Å²) >= 11 is 0. The second-order valence-electron chi connectivity index (χ2n) is 10.8. The van der Waals surface area contributed by atoms with E-state index in [1.807, 2.05) is 26.0 Å². The molecule has 0 saturated carbocycles. The molecule has 3 aromatic rings. The lowest BCUT2D eigenvalue weighted by molar-refractivity contribution is -0.128. The lowest BCUT2D eigenvalue weighted by atomic mass is 9.71. The molecule has 0 unspecified atom stereocenters. The summed E-state index contributed by atoms with van der Waals surface area (Å²) in [6.07, 6.45) is 9.62. The van der Waals surface area contributed by atoms with Crippen LogP contribution in [-0.2, 0) is 5.41 Å². The number of carbonyl (C=O) groups excluding carboxylic acids is 1. The standard InChI is InChI=1S/C28H31FN5O/c1-28(2)25-21(17-31-18-22(25)29)26(35)24-20-10-9-19(16-30)15-23(20)33(27(24)28)34(13-7-4-8-14-34)32-11-5-3-6-12-32/h9-10,15,17-18H,3-8,11-14H2,1-2H3/q+1. The summed E-state index contributed by atoms with van der Waals surface area (Å²) in [6.45, 7) is 7.91. The maximum Gasteiger partial charge on any atom is 0.197 e. The zero-order valence-corrected chi connectivity index (χ0v) is 20.5. The molecule has 0 atom stereocenters. The third-order valence-electron chi connectivity index (χ3n) is 8.43. The van der Waals surface area contributed by atoms with Crippen LogP contribution in [0.2, 0.25) is 0 Å². The fraction of sp³-hybridized carbons (Fsp3) is 0.464. The molecule has 1 aliphatic carbocycles. The van der Waals surface area contributed by atoms with Crippen molar-refractivity contribution in [3.63, 3.8) is 0 Å². The first-order valence-corrected chi connectivity index (χ1v) is 12.8. The molecule has 0 N–H and O–H groups in total. The molecule has 3 aliphatic rings. The van der Waals surface area contributed by atoms with E-state index in [-0.39, 0.29) is 5.78 Å². The number of hydrogen-bond donors (Lipinski definition) is 0. The highest BCUT2D eigenvalue weighted by Crippen LogP contribution is 2.47.